The fourth-order valence-corrected chi connectivity index (χ4v) is 1.56. The molecule has 1 atom stereocenters. The number of imidazole rings is 1. The molecule has 2 N–H and O–H groups in total. The molecule has 1 aromatic heterocycles. The number of nitrogens with one attached hydrogen (secondary N) is 1. The maximum atomic E-state index is 8.93. The molecule has 1 aliphatic rings. The molecule has 4 heteroatoms. The Hall–Kier alpha value is -0.870. The first-order valence-electron chi connectivity index (χ1n) is 4.16. The second kappa shape index (κ2) is 2.88. The molecule has 2 heterocycles. The number of fused-ring (bicyclic) bond motifs is 1. The number of nitrogens with zero attached hydrogens (tertiary/aromatic N) is 2. The summed E-state index contributed by atoms with van der Waals surface area (Å²) in [5.41, 5.74) is 1.05. The third-order valence-corrected chi connectivity index (χ3v) is 2.17. The van der Waals surface area contributed by atoms with Crippen molar-refractivity contribution in [1.82, 2.24) is 14.9 Å². The average Bonchev–Trinajstić information content (AvgIpc) is 2.43. The minimum atomic E-state index is 0.186. The van der Waals surface area contributed by atoms with E-state index in [0.717, 1.165) is 24.6 Å². The van der Waals surface area contributed by atoms with Crippen LogP contribution in [0, 0.1) is 6.92 Å². The minimum Gasteiger partial charge on any atom is -0.395 e. The summed E-state index contributed by atoms with van der Waals surface area (Å²) in [7, 11) is 0. The highest BCUT2D eigenvalue weighted by atomic mass is 16.3. The van der Waals surface area contributed by atoms with Gasteiger partial charge in [0.25, 0.3) is 0 Å². The lowest BCUT2D eigenvalue weighted by Gasteiger charge is -2.23. The van der Waals surface area contributed by atoms with Crippen LogP contribution in [0.15, 0.2) is 6.20 Å². The quantitative estimate of drug-likeness (QED) is 0.601. The molecule has 1 aromatic rings. The van der Waals surface area contributed by atoms with E-state index in [1.54, 1.807) is 0 Å². The van der Waals surface area contributed by atoms with Crippen LogP contribution >= 0.6 is 0 Å². The maximum absolute atomic E-state index is 8.93. The lowest BCUT2D eigenvalue weighted by molar-refractivity contribution is 0.214. The standard InChI is InChI=1S/C8H13N3O/c1-6-3-11-4-7(5-12)9-2-8(11)10-6/h3,7,9,12H,2,4-5H2,1H3. The van der Waals surface area contributed by atoms with E-state index in [1.165, 1.54) is 0 Å². The fraction of sp³-hybridized carbons (Fsp3) is 0.625. The molecule has 0 spiro atoms. The van der Waals surface area contributed by atoms with Gasteiger partial charge in [0.15, 0.2) is 0 Å². The van der Waals surface area contributed by atoms with Crippen molar-refractivity contribution in [3.05, 3.63) is 17.7 Å². The Bertz CT molecular complexity index is 282. The number of aliphatic hydroxyl groups is 1. The smallest absolute Gasteiger partial charge is 0.123 e. The Labute approximate surface area is 71.2 Å². The van der Waals surface area contributed by atoms with Gasteiger partial charge in [-0.05, 0) is 6.92 Å². The number of aromatic nitrogens is 2. The van der Waals surface area contributed by atoms with Crippen LogP contribution in [-0.4, -0.2) is 27.3 Å². The van der Waals surface area contributed by atoms with Crippen molar-refractivity contribution in [3.63, 3.8) is 0 Å². The van der Waals surface area contributed by atoms with Crippen LogP contribution in [0.4, 0.5) is 0 Å². The predicted molar refractivity (Wildman–Crippen MR) is 44.7 cm³/mol. The molecule has 4 nitrogen and oxygen atoms in total. The first-order chi connectivity index (χ1) is 5.79. The van der Waals surface area contributed by atoms with Gasteiger partial charge in [-0.2, -0.15) is 0 Å². The third-order valence-electron chi connectivity index (χ3n) is 2.17. The zero-order valence-corrected chi connectivity index (χ0v) is 7.12. The Morgan fingerprint density at radius 2 is 2.67 bits per heavy atom. The fourth-order valence-electron chi connectivity index (χ4n) is 1.56. The number of hydrogen-bond acceptors (Lipinski definition) is 3. The topological polar surface area (TPSA) is 50.1 Å². The van der Waals surface area contributed by atoms with Gasteiger partial charge >= 0.3 is 0 Å². The summed E-state index contributed by atoms with van der Waals surface area (Å²) in [6.45, 7) is 3.77. The highest BCUT2D eigenvalue weighted by Gasteiger charge is 2.17. The molecule has 12 heavy (non-hydrogen) atoms. The molecule has 0 radical (unpaired) electrons. The van der Waals surface area contributed by atoms with Crippen molar-refractivity contribution >= 4 is 0 Å². The van der Waals surface area contributed by atoms with E-state index < -0.39 is 0 Å². The molecule has 2 rings (SSSR count). The van der Waals surface area contributed by atoms with Crippen LogP contribution in [0.2, 0.25) is 0 Å². The maximum Gasteiger partial charge on any atom is 0.123 e. The van der Waals surface area contributed by atoms with Crippen LogP contribution in [0.5, 0.6) is 0 Å². The zero-order valence-electron chi connectivity index (χ0n) is 7.12. The van der Waals surface area contributed by atoms with E-state index in [2.05, 4.69) is 14.9 Å². The lowest BCUT2D eigenvalue weighted by atomic mass is 10.2. The summed E-state index contributed by atoms with van der Waals surface area (Å²) in [6.07, 6.45) is 2.03. The van der Waals surface area contributed by atoms with E-state index in [0.29, 0.717) is 0 Å². The summed E-state index contributed by atoms with van der Waals surface area (Å²) in [4.78, 5) is 4.34. The highest BCUT2D eigenvalue weighted by molar-refractivity contribution is 5.04. The van der Waals surface area contributed by atoms with Crippen molar-refractivity contribution in [2.45, 2.75) is 26.1 Å². The monoisotopic (exact) mass is 167 g/mol. The first-order valence-corrected chi connectivity index (χ1v) is 4.16. The number of rotatable bonds is 1. The summed E-state index contributed by atoms with van der Waals surface area (Å²) in [5, 5.41) is 12.1. The zero-order chi connectivity index (χ0) is 8.55. The van der Waals surface area contributed by atoms with E-state index in [-0.39, 0.29) is 12.6 Å². The van der Waals surface area contributed by atoms with Gasteiger partial charge in [0.2, 0.25) is 0 Å². The Morgan fingerprint density at radius 1 is 1.83 bits per heavy atom. The van der Waals surface area contributed by atoms with Crippen LogP contribution < -0.4 is 5.32 Å². The van der Waals surface area contributed by atoms with E-state index in [9.17, 15) is 0 Å². The van der Waals surface area contributed by atoms with Crippen LogP contribution in [-0.2, 0) is 13.1 Å². The second-order valence-corrected chi connectivity index (χ2v) is 3.21. The molecular formula is C8H13N3O. The van der Waals surface area contributed by atoms with Gasteiger partial charge < -0.3 is 15.0 Å². The van der Waals surface area contributed by atoms with Gasteiger partial charge in [0.1, 0.15) is 5.82 Å². The number of aliphatic hydroxyl groups excluding tert-OH is 1. The summed E-state index contributed by atoms with van der Waals surface area (Å²) >= 11 is 0. The Balaban J connectivity index is 2.22. The molecule has 66 valence electrons. The average molecular weight is 167 g/mol. The molecule has 0 saturated carbocycles. The van der Waals surface area contributed by atoms with Gasteiger partial charge in [0.05, 0.1) is 18.8 Å². The van der Waals surface area contributed by atoms with Crippen LogP contribution in [0.1, 0.15) is 11.5 Å². The van der Waals surface area contributed by atoms with Crippen molar-refractivity contribution in [3.8, 4) is 0 Å². The minimum absolute atomic E-state index is 0.186. The van der Waals surface area contributed by atoms with E-state index in [1.807, 2.05) is 13.1 Å². The van der Waals surface area contributed by atoms with Crippen molar-refractivity contribution in [1.29, 1.82) is 0 Å². The molecule has 1 aliphatic heterocycles. The van der Waals surface area contributed by atoms with E-state index in [4.69, 9.17) is 5.11 Å². The van der Waals surface area contributed by atoms with Gasteiger partial charge in [-0.25, -0.2) is 4.98 Å². The molecule has 0 bridgehead atoms. The molecule has 0 aliphatic carbocycles. The number of hydrogen-bond donors (Lipinski definition) is 2. The number of aryl methyl sites for hydroxylation is 1. The van der Waals surface area contributed by atoms with Crippen molar-refractivity contribution < 1.29 is 5.11 Å². The molecule has 0 fully saturated rings. The molecule has 0 aromatic carbocycles. The highest BCUT2D eigenvalue weighted by Crippen LogP contribution is 2.08. The SMILES string of the molecule is Cc1cn2c(n1)CNC(CO)C2. The lowest BCUT2D eigenvalue weighted by Crippen LogP contribution is -2.41. The summed E-state index contributed by atoms with van der Waals surface area (Å²) in [6, 6.07) is 0.186. The largest absolute Gasteiger partial charge is 0.395 e. The Morgan fingerprint density at radius 3 is 3.42 bits per heavy atom. The van der Waals surface area contributed by atoms with Crippen LogP contribution in [0.3, 0.4) is 0 Å². The molecular weight excluding hydrogens is 154 g/mol. The third kappa shape index (κ3) is 1.23. The Kier molecular flexibility index (Phi) is 1.86. The normalized spacial score (nSPS) is 22.3. The van der Waals surface area contributed by atoms with Gasteiger partial charge in [-0.3, -0.25) is 0 Å². The predicted octanol–water partition coefficient (Wildman–Crippen LogP) is -0.344. The second-order valence-electron chi connectivity index (χ2n) is 3.21. The van der Waals surface area contributed by atoms with Gasteiger partial charge in [-0.1, -0.05) is 0 Å². The van der Waals surface area contributed by atoms with Crippen molar-refractivity contribution in [2.75, 3.05) is 6.61 Å². The van der Waals surface area contributed by atoms with Crippen molar-refractivity contribution in [2.24, 2.45) is 0 Å². The van der Waals surface area contributed by atoms with Gasteiger partial charge in [-0.15, -0.1) is 0 Å². The first kappa shape index (κ1) is 7.76. The van der Waals surface area contributed by atoms with E-state index >= 15 is 0 Å². The summed E-state index contributed by atoms with van der Waals surface area (Å²) in [5.74, 6) is 1.07. The summed E-state index contributed by atoms with van der Waals surface area (Å²) < 4.78 is 2.10. The molecule has 0 saturated heterocycles. The molecule has 0 amide bonds. The molecule has 1 unspecified atom stereocenters. The van der Waals surface area contributed by atoms with Gasteiger partial charge in [0, 0.05) is 18.8 Å². The van der Waals surface area contributed by atoms with Crippen LogP contribution in [0.25, 0.3) is 0 Å².